The topological polar surface area (TPSA) is 122 Å². The zero-order chi connectivity index (χ0) is 24.8. The number of anilines is 1. The van der Waals surface area contributed by atoms with Gasteiger partial charge in [-0.25, -0.2) is 9.07 Å². The summed E-state index contributed by atoms with van der Waals surface area (Å²) in [5.74, 6) is -0.793. The predicted molar refractivity (Wildman–Crippen MR) is 118 cm³/mol. The summed E-state index contributed by atoms with van der Waals surface area (Å²) < 4.78 is 58.4. The number of fused-ring (bicyclic) bond motifs is 1. The minimum absolute atomic E-state index is 0.273. The number of nitrogens with two attached hydrogens (primary N) is 1. The van der Waals surface area contributed by atoms with Crippen LogP contribution in [0.4, 0.5) is 23.4 Å². The minimum atomic E-state index is -5.23. The summed E-state index contributed by atoms with van der Waals surface area (Å²) in [7, 11) is 0. The Hall–Kier alpha value is -3.00. The molecule has 0 saturated heterocycles. The molecule has 0 saturated carbocycles. The van der Waals surface area contributed by atoms with Gasteiger partial charge in [0.15, 0.2) is 5.82 Å². The molecule has 2 aromatic carbocycles. The highest BCUT2D eigenvalue weighted by Gasteiger charge is 2.59. The van der Waals surface area contributed by atoms with E-state index < -0.39 is 48.1 Å². The van der Waals surface area contributed by atoms with E-state index in [2.05, 4.69) is 26.1 Å². The Balaban J connectivity index is 1.89. The molecule has 4 aromatic rings. The number of nitrogen functional groups attached to an aromatic ring is 1. The van der Waals surface area contributed by atoms with Crippen LogP contribution in [0.2, 0.25) is 0 Å². The summed E-state index contributed by atoms with van der Waals surface area (Å²) in [4.78, 5) is 0. The van der Waals surface area contributed by atoms with E-state index in [1.165, 1.54) is 41.2 Å². The lowest BCUT2D eigenvalue weighted by Gasteiger charge is -2.32. The van der Waals surface area contributed by atoms with Gasteiger partial charge in [-0.1, -0.05) is 6.07 Å². The average molecular weight is 544 g/mol. The van der Waals surface area contributed by atoms with Gasteiger partial charge in [0.2, 0.25) is 5.60 Å². The third kappa shape index (κ3) is 3.94. The molecule has 5 N–H and O–H groups in total. The molecular formula is C21H18BrF4N5O3. The summed E-state index contributed by atoms with van der Waals surface area (Å²) in [5.41, 5.74) is 1.72. The number of halogens is 5. The highest BCUT2D eigenvalue weighted by molar-refractivity contribution is 9.10. The molecule has 13 heteroatoms. The van der Waals surface area contributed by atoms with Gasteiger partial charge in [0, 0.05) is 5.39 Å². The van der Waals surface area contributed by atoms with Crippen molar-refractivity contribution in [2.45, 2.75) is 24.4 Å². The van der Waals surface area contributed by atoms with Crippen LogP contribution in [0.5, 0.6) is 0 Å². The fourth-order valence-electron chi connectivity index (χ4n) is 3.67. The van der Waals surface area contributed by atoms with Gasteiger partial charge in [-0.2, -0.15) is 23.4 Å². The normalized spacial score (nSPS) is 14.9. The first-order valence-corrected chi connectivity index (χ1v) is 10.6. The third-order valence-electron chi connectivity index (χ3n) is 5.32. The molecule has 0 aliphatic heterocycles. The molecule has 0 spiro atoms. The first kappa shape index (κ1) is 24.1. The Bertz CT molecular complexity index is 1340. The largest absolute Gasteiger partial charge is 0.427 e. The van der Waals surface area contributed by atoms with E-state index in [1.807, 2.05) is 0 Å². The SMILES string of the molecule is Nc1nn(CC(O)CO)c(C(O)(c2ccc3c(cnn3-c3ccc(F)cc3)c2)C(F)(F)F)c1Br. The molecule has 2 unspecified atom stereocenters. The van der Waals surface area contributed by atoms with Crippen molar-refractivity contribution in [1.29, 1.82) is 0 Å². The van der Waals surface area contributed by atoms with E-state index in [1.54, 1.807) is 0 Å². The van der Waals surface area contributed by atoms with Crippen molar-refractivity contribution in [3.8, 4) is 5.69 Å². The zero-order valence-electron chi connectivity index (χ0n) is 17.2. The quantitative estimate of drug-likeness (QED) is 0.277. The Labute approximate surface area is 198 Å². The molecule has 0 bridgehead atoms. The fraction of sp³-hybridized carbons (Fsp3) is 0.238. The summed E-state index contributed by atoms with van der Waals surface area (Å²) in [6.45, 7) is -1.29. The number of rotatable bonds is 6. The first-order chi connectivity index (χ1) is 16.0. The first-order valence-electron chi connectivity index (χ1n) is 9.82. The van der Waals surface area contributed by atoms with Crippen molar-refractivity contribution < 1.29 is 32.9 Å². The predicted octanol–water partition coefficient (Wildman–Crippen LogP) is 2.86. The van der Waals surface area contributed by atoms with Gasteiger partial charge in [-0.3, -0.25) is 4.68 Å². The Kier molecular flexibility index (Phi) is 6.14. The van der Waals surface area contributed by atoms with Crippen molar-refractivity contribution in [3.05, 3.63) is 70.2 Å². The lowest BCUT2D eigenvalue weighted by Crippen LogP contribution is -2.45. The molecule has 0 aliphatic rings. The molecule has 2 aromatic heterocycles. The van der Waals surface area contributed by atoms with Crippen molar-refractivity contribution in [2.24, 2.45) is 0 Å². The maximum absolute atomic E-state index is 14.5. The van der Waals surface area contributed by atoms with E-state index in [0.29, 0.717) is 15.9 Å². The van der Waals surface area contributed by atoms with E-state index >= 15 is 0 Å². The van der Waals surface area contributed by atoms with E-state index in [0.717, 1.165) is 12.1 Å². The van der Waals surface area contributed by atoms with E-state index in [4.69, 9.17) is 10.8 Å². The molecule has 0 fully saturated rings. The number of aromatic nitrogens is 4. The molecule has 180 valence electrons. The lowest BCUT2D eigenvalue weighted by molar-refractivity contribution is -0.251. The van der Waals surface area contributed by atoms with Gasteiger partial charge in [0.05, 0.1) is 41.1 Å². The molecular weight excluding hydrogens is 526 g/mol. The smallest absolute Gasteiger partial charge is 0.394 e. The van der Waals surface area contributed by atoms with Crippen LogP contribution < -0.4 is 5.73 Å². The van der Waals surface area contributed by atoms with Gasteiger partial charge in [-0.05, 0) is 57.9 Å². The van der Waals surface area contributed by atoms with Crippen LogP contribution in [0.1, 0.15) is 11.3 Å². The second-order valence-electron chi connectivity index (χ2n) is 7.58. The standard InChI is InChI=1S/C21H18BrF4N5O3/c22-17-18(30(29-19(17)27)9-15(33)10-32)20(34,21(24,25)26)12-1-6-16-11(7-12)8-28-31(16)14-4-2-13(23)3-5-14/h1-8,15,32-34H,9-10H2,(H2,27,29). The average Bonchev–Trinajstić information content (AvgIpc) is 3.33. The number of nitrogens with zero attached hydrogens (tertiary/aromatic N) is 4. The minimum Gasteiger partial charge on any atom is -0.394 e. The summed E-state index contributed by atoms with van der Waals surface area (Å²) >= 11 is 2.97. The summed E-state index contributed by atoms with van der Waals surface area (Å²) in [5, 5.41) is 38.3. The van der Waals surface area contributed by atoms with Gasteiger partial charge in [0.25, 0.3) is 0 Å². The van der Waals surface area contributed by atoms with Crippen LogP contribution in [-0.4, -0.2) is 53.8 Å². The number of aliphatic hydroxyl groups excluding tert-OH is 2. The highest BCUT2D eigenvalue weighted by Crippen LogP contribution is 2.48. The Morgan fingerprint density at radius 3 is 2.41 bits per heavy atom. The van der Waals surface area contributed by atoms with Gasteiger partial charge >= 0.3 is 6.18 Å². The number of benzene rings is 2. The second-order valence-corrected chi connectivity index (χ2v) is 8.37. The van der Waals surface area contributed by atoms with Crippen LogP contribution >= 0.6 is 15.9 Å². The van der Waals surface area contributed by atoms with Crippen LogP contribution in [0, 0.1) is 5.82 Å². The molecule has 0 amide bonds. The van der Waals surface area contributed by atoms with Gasteiger partial charge in [-0.15, -0.1) is 0 Å². The summed E-state index contributed by atoms with van der Waals surface area (Å²) in [6, 6.07) is 8.93. The van der Waals surface area contributed by atoms with Gasteiger partial charge < -0.3 is 21.1 Å². The Morgan fingerprint density at radius 2 is 1.79 bits per heavy atom. The van der Waals surface area contributed by atoms with E-state index in [-0.39, 0.29) is 15.7 Å². The monoisotopic (exact) mass is 543 g/mol. The van der Waals surface area contributed by atoms with E-state index in [9.17, 15) is 27.8 Å². The molecule has 2 heterocycles. The van der Waals surface area contributed by atoms with Crippen LogP contribution in [0.3, 0.4) is 0 Å². The Morgan fingerprint density at radius 1 is 1.12 bits per heavy atom. The molecule has 4 rings (SSSR count). The molecule has 34 heavy (non-hydrogen) atoms. The van der Waals surface area contributed by atoms with Gasteiger partial charge in [0.1, 0.15) is 11.5 Å². The highest BCUT2D eigenvalue weighted by atomic mass is 79.9. The lowest BCUT2D eigenvalue weighted by atomic mass is 9.88. The molecule has 0 radical (unpaired) electrons. The van der Waals surface area contributed by atoms with Crippen molar-refractivity contribution in [1.82, 2.24) is 19.6 Å². The van der Waals surface area contributed by atoms with Crippen LogP contribution in [0.25, 0.3) is 16.6 Å². The number of aliphatic hydroxyl groups is 3. The van der Waals surface area contributed by atoms with Crippen LogP contribution in [-0.2, 0) is 12.1 Å². The fourth-order valence-corrected chi connectivity index (χ4v) is 4.25. The second kappa shape index (κ2) is 8.65. The summed E-state index contributed by atoms with van der Waals surface area (Å²) in [6.07, 6.45) is -5.36. The van der Waals surface area contributed by atoms with Crippen LogP contribution in [0.15, 0.2) is 53.1 Å². The third-order valence-corrected chi connectivity index (χ3v) is 6.11. The molecule has 2 atom stereocenters. The maximum atomic E-state index is 14.5. The number of alkyl halides is 3. The molecule has 0 aliphatic carbocycles. The van der Waals surface area contributed by atoms with Crippen molar-refractivity contribution in [3.63, 3.8) is 0 Å². The number of hydrogen-bond acceptors (Lipinski definition) is 6. The molecule has 8 nitrogen and oxygen atoms in total. The van der Waals surface area contributed by atoms with Crippen molar-refractivity contribution in [2.75, 3.05) is 12.3 Å². The number of hydrogen-bond donors (Lipinski definition) is 4. The zero-order valence-corrected chi connectivity index (χ0v) is 18.8. The van der Waals surface area contributed by atoms with Crippen molar-refractivity contribution >= 4 is 32.7 Å². The maximum Gasteiger partial charge on any atom is 0.427 e.